The van der Waals surface area contributed by atoms with Crippen molar-refractivity contribution >= 4 is 41.1 Å². The number of nitrogens with zero attached hydrogens (tertiary/aromatic N) is 1. The van der Waals surface area contributed by atoms with Crippen LogP contribution in [-0.4, -0.2) is 56.1 Å². The van der Waals surface area contributed by atoms with Crippen LogP contribution in [0.5, 0.6) is 0 Å². The fourth-order valence-corrected chi connectivity index (χ4v) is 3.64. The van der Waals surface area contributed by atoms with Gasteiger partial charge in [0, 0.05) is 24.3 Å². The Kier molecular flexibility index (Phi) is 9.98. The molecule has 1 aliphatic heterocycles. The third-order valence-corrected chi connectivity index (χ3v) is 5.61. The molecule has 10 nitrogen and oxygen atoms in total. The number of anilines is 2. The Morgan fingerprint density at radius 3 is 2.13 bits per heavy atom. The number of hydrogen-bond acceptors (Lipinski definition) is 8. The summed E-state index contributed by atoms with van der Waals surface area (Å²) in [7, 11) is 0. The Balaban J connectivity index is 1.46. The molecule has 38 heavy (non-hydrogen) atoms. The Hall–Kier alpha value is -4.21. The van der Waals surface area contributed by atoms with Crippen molar-refractivity contribution in [2.45, 2.75) is 33.6 Å². The van der Waals surface area contributed by atoms with Gasteiger partial charge in [-0.2, -0.15) is 0 Å². The first-order valence-corrected chi connectivity index (χ1v) is 12.5. The van der Waals surface area contributed by atoms with Crippen LogP contribution in [0.1, 0.15) is 54.3 Å². The molecule has 1 atom stereocenters. The molecule has 1 fully saturated rings. The maximum Gasteiger partial charge on any atom is 0.338 e. The Labute approximate surface area is 221 Å². The average molecular weight is 525 g/mol. The second-order valence-corrected chi connectivity index (χ2v) is 9.31. The van der Waals surface area contributed by atoms with Crippen LogP contribution in [0.15, 0.2) is 48.5 Å². The molecule has 1 N–H and O–H groups in total. The predicted molar refractivity (Wildman–Crippen MR) is 139 cm³/mol. The monoisotopic (exact) mass is 524 g/mol. The summed E-state index contributed by atoms with van der Waals surface area (Å²) in [5, 5.41) is 2.59. The minimum Gasteiger partial charge on any atom is -0.462 e. The van der Waals surface area contributed by atoms with Gasteiger partial charge in [0.05, 0.1) is 30.3 Å². The van der Waals surface area contributed by atoms with Crippen molar-refractivity contribution in [2.75, 3.05) is 36.6 Å². The lowest BCUT2D eigenvalue weighted by atomic mass is 10.1. The average Bonchev–Trinajstić information content (AvgIpc) is 3.31. The SMILES string of the molecule is CCCOC(=O)c1ccc(N2C[C@H](C(=O)OCC(=O)Nc3ccc(C(=O)OCC(C)C)cc3)CC2=O)cc1. The number of ether oxygens (including phenoxy) is 3. The van der Waals surface area contributed by atoms with Crippen LogP contribution in [0.4, 0.5) is 11.4 Å². The van der Waals surface area contributed by atoms with Gasteiger partial charge < -0.3 is 24.4 Å². The van der Waals surface area contributed by atoms with Crippen molar-refractivity contribution in [3.63, 3.8) is 0 Å². The number of amides is 2. The van der Waals surface area contributed by atoms with E-state index in [-0.39, 0.29) is 24.8 Å². The number of benzene rings is 2. The number of hydrogen-bond donors (Lipinski definition) is 1. The number of esters is 3. The van der Waals surface area contributed by atoms with Gasteiger partial charge in [-0.1, -0.05) is 20.8 Å². The van der Waals surface area contributed by atoms with E-state index in [0.29, 0.717) is 35.7 Å². The van der Waals surface area contributed by atoms with Crippen LogP contribution in [0.2, 0.25) is 0 Å². The van der Waals surface area contributed by atoms with E-state index in [9.17, 15) is 24.0 Å². The first-order chi connectivity index (χ1) is 18.2. The third-order valence-electron chi connectivity index (χ3n) is 5.61. The summed E-state index contributed by atoms with van der Waals surface area (Å²) < 4.78 is 15.4. The Morgan fingerprint density at radius 1 is 0.921 bits per heavy atom. The molecule has 0 aliphatic carbocycles. The minimum atomic E-state index is -0.722. The summed E-state index contributed by atoms with van der Waals surface area (Å²) in [5.74, 6) is -2.86. The van der Waals surface area contributed by atoms with Gasteiger partial charge in [0.15, 0.2) is 6.61 Å². The molecule has 2 aromatic carbocycles. The minimum absolute atomic E-state index is 0.0465. The summed E-state index contributed by atoms with van der Waals surface area (Å²) in [4.78, 5) is 62.6. The zero-order valence-electron chi connectivity index (χ0n) is 21.7. The molecular formula is C28H32N2O8. The molecule has 3 rings (SSSR count). The molecule has 2 amide bonds. The standard InChI is InChI=1S/C28H32N2O8/c1-4-13-36-26(33)20-7-11-23(12-8-20)30-15-21(14-25(30)32)28(35)38-17-24(31)29-22-9-5-19(6-10-22)27(34)37-16-18(2)3/h5-12,18,21H,4,13-17H2,1-3H3,(H,29,31)/t21-/m1/s1. The molecule has 0 spiro atoms. The number of carbonyl (C=O) groups excluding carboxylic acids is 5. The van der Waals surface area contributed by atoms with Gasteiger partial charge in [0.1, 0.15) is 0 Å². The van der Waals surface area contributed by atoms with Crippen LogP contribution >= 0.6 is 0 Å². The topological polar surface area (TPSA) is 128 Å². The lowest BCUT2D eigenvalue weighted by Crippen LogP contribution is -2.28. The predicted octanol–water partition coefficient (Wildman–Crippen LogP) is 3.60. The van der Waals surface area contributed by atoms with Gasteiger partial charge in [0.2, 0.25) is 5.91 Å². The quantitative estimate of drug-likeness (QED) is 0.349. The van der Waals surface area contributed by atoms with Crippen LogP contribution < -0.4 is 10.2 Å². The number of carbonyl (C=O) groups is 5. The van der Waals surface area contributed by atoms with Crippen LogP contribution in [0.25, 0.3) is 0 Å². The fourth-order valence-electron chi connectivity index (χ4n) is 3.64. The van der Waals surface area contributed by atoms with E-state index in [2.05, 4.69) is 5.32 Å². The van der Waals surface area contributed by atoms with E-state index in [0.717, 1.165) is 6.42 Å². The molecule has 0 bridgehead atoms. The molecule has 2 aromatic rings. The largest absolute Gasteiger partial charge is 0.462 e. The van der Waals surface area contributed by atoms with Crippen molar-refractivity contribution < 1.29 is 38.2 Å². The van der Waals surface area contributed by atoms with Crippen molar-refractivity contribution in [2.24, 2.45) is 11.8 Å². The highest BCUT2D eigenvalue weighted by Crippen LogP contribution is 2.26. The highest BCUT2D eigenvalue weighted by Gasteiger charge is 2.36. The maximum atomic E-state index is 12.5. The van der Waals surface area contributed by atoms with E-state index in [1.54, 1.807) is 36.4 Å². The smallest absolute Gasteiger partial charge is 0.338 e. The van der Waals surface area contributed by atoms with E-state index < -0.39 is 36.3 Å². The molecule has 10 heteroatoms. The van der Waals surface area contributed by atoms with Gasteiger partial charge in [-0.3, -0.25) is 14.4 Å². The first-order valence-electron chi connectivity index (χ1n) is 12.5. The molecule has 1 heterocycles. The van der Waals surface area contributed by atoms with Crippen LogP contribution in [0.3, 0.4) is 0 Å². The second-order valence-electron chi connectivity index (χ2n) is 9.31. The summed E-state index contributed by atoms with van der Waals surface area (Å²) >= 11 is 0. The zero-order chi connectivity index (χ0) is 27.7. The highest BCUT2D eigenvalue weighted by atomic mass is 16.5. The van der Waals surface area contributed by atoms with E-state index in [1.165, 1.54) is 17.0 Å². The molecular weight excluding hydrogens is 492 g/mol. The van der Waals surface area contributed by atoms with Gasteiger partial charge in [-0.25, -0.2) is 9.59 Å². The summed E-state index contributed by atoms with van der Waals surface area (Å²) in [5.41, 5.74) is 1.70. The van der Waals surface area contributed by atoms with E-state index in [1.807, 2.05) is 20.8 Å². The molecule has 0 aromatic heterocycles. The number of rotatable bonds is 11. The van der Waals surface area contributed by atoms with Crippen molar-refractivity contribution in [1.82, 2.24) is 0 Å². The van der Waals surface area contributed by atoms with Crippen molar-refractivity contribution in [3.05, 3.63) is 59.7 Å². The maximum absolute atomic E-state index is 12.5. The van der Waals surface area contributed by atoms with Gasteiger partial charge in [-0.15, -0.1) is 0 Å². The van der Waals surface area contributed by atoms with Gasteiger partial charge >= 0.3 is 17.9 Å². The molecule has 0 radical (unpaired) electrons. The Bertz CT molecular complexity index is 1160. The van der Waals surface area contributed by atoms with E-state index in [4.69, 9.17) is 14.2 Å². The fraction of sp³-hybridized carbons (Fsp3) is 0.393. The van der Waals surface area contributed by atoms with Crippen LogP contribution in [-0.2, 0) is 28.6 Å². The normalized spacial score (nSPS) is 14.8. The second kappa shape index (κ2) is 13.4. The van der Waals surface area contributed by atoms with Crippen molar-refractivity contribution in [3.8, 4) is 0 Å². The van der Waals surface area contributed by atoms with Crippen LogP contribution in [0, 0.1) is 11.8 Å². The Morgan fingerprint density at radius 2 is 1.53 bits per heavy atom. The lowest BCUT2D eigenvalue weighted by Gasteiger charge is -2.17. The summed E-state index contributed by atoms with van der Waals surface area (Å²) in [6.07, 6.45) is 0.671. The lowest BCUT2D eigenvalue weighted by molar-refractivity contribution is -0.151. The molecule has 0 unspecified atom stereocenters. The molecule has 202 valence electrons. The third kappa shape index (κ3) is 7.89. The molecule has 1 aliphatic rings. The first kappa shape index (κ1) is 28.4. The van der Waals surface area contributed by atoms with E-state index >= 15 is 0 Å². The zero-order valence-corrected chi connectivity index (χ0v) is 21.7. The van der Waals surface area contributed by atoms with Crippen molar-refractivity contribution in [1.29, 1.82) is 0 Å². The van der Waals surface area contributed by atoms with Gasteiger partial charge in [0.25, 0.3) is 5.91 Å². The number of nitrogens with one attached hydrogen (secondary N) is 1. The molecule has 1 saturated heterocycles. The summed E-state index contributed by atoms with van der Waals surface area (Å²) in [6.45, 7) is 6.00. The highest BCUT2D eigenvalue weighted by molar-refractivity contribution is 6.00. The molecule has 0 saturated carbocycles. The van der Waals surface area contributed by atoms with Gasteiger partial charge in [-0.05, 0) is 60.9 Å². The summed E-state index contributed by atoms with van der Waals surface area (Å²) in [6, 6.07) is 12.5.